The highest BCUT2D eigenvalue weighted by Crippen LogP contribution is 2.29. The first kappa shape index (κ1) is 19.9. The molecule has 1 aromatic rings. The van der Waals surface area contributed by atoms with E-state index in [-0.39, 0.29) is 29.8 Å². The number of benzene rings is 1. The van der Waals surface area contributed by atoms with Crippen LogP contribution >= 0.6 is 0 Å². The molecule has 2 N–H and O–H groups in total. The van der Waals surface area contributed by atoms with E-state index in [1.165, 1.54) is 6.42 Å². The lowest BCUT2D eigenvalue weighted by Crippen LogP contribution is -2.44. The summed E-state index contributed by atoms with van der Waals surface area (Å²) >= 11 is 0. The first-order valence-corrected chi connectivity index (χ1v) is 10.6. The number of nitrogens with one attached hydrogen (secondary N) is 2. The minimum absolute atomic E-state index is 0.0891. The predicted octanol–water partition coefficient (Wildman–Crippen LogP) is 2.91. The van der Waals surface area contributed by atoms with E-state index in [2.05, 4.69) is 23.9 Å². The molecule has 0 spiro atoms. The Morgan fingerprint density at radius 2 is 1.88 bits per heavy atom. The smallest absolute Gasteiger partial charge is 0.240 e. The average molecular weight is 367 g/mol. The molecular formula is C19H30N2O3S. The fraction of sp³-hybridized carbons (Fsp3) is 0.632. The van der Waals surface area contributed by atoms with Gasteiger partial charge in [0.25, 0.3) is 0 Å². The maximum Gasteiger partial charge on any atom is 0.240 e. The number of hydrogen-bond donors (Lipinski definition) is 2. The van der Waals surface area contributed by atoms with Crippen molar-refractivity contribution < 1.29 is 13.2 Å². The standard InChI is InChI=1S/C19H30N2O3S/c1-13-8-9-17(12-15(13)3)25(23,24)20-11-10-19(22)21-18-7-5-6-14(2)16(18)4/h8-9,12,14,16,18,20H,5-7,10-11H2,1-4H3,(H,21,22)/t14-,16-,18-/m0/s1. The molecule has 1 fully saturated rings. The van der Waals surface area contributed by atoms with E-state index in [9.17, 15) is 13.2 Å². The molecule has 0 radical (unpaired) electrons. The van der Waals surface area contributed by atoms with Gasteiger partial charge in [-0.05, 0) is 55.4 Å². The van der Waals surface area contributed by atoms with Crippen molar-refractivity contribution in [3.63, 3.8) is 0 Å². The highest BCUT2D eigenvalue weighted by atomic mass is 32.2. The zero-order chi connectivity index (χ0) is 18.6. The number of aryl methyl sites for hydroxylation is 2. The minimum Gasteiger partial charge on any atom is -0.353 e. The van der Waals surface area contributed by atoms with Crippen molar-refractivity contribution in [3.8, 4) is 0 Å². The molecule has 0 unspecified atom stereocenters. The number of carbonyl (C=O) groups is 1. The monoisotopic (exact) mass is 366 g/mol. The Labute approximate surface area is 151 Å². The molecule has 1 aliphatic carbocycles. The van der Waals surface area contributed by atoms with Crippen molar-refractivity contribution in [3.05, 3.63) is 29.3 Å². The van der Waals surface area contributed by atoms with E-state index in [4.69, 9.17) is 0 Å². The Hall–Kier alpha value is -1.40. The topological polar surface area (TPSA) is 75.3 Å². The molecule has 3 atom stereocenters. The molecule has 5 nitrogen and oxygen atoms in total. The summed E-state index contributed by atoms with van der Waals surface area (Å²) in [5.74, 6) is 0.987. The van der Waals surface area contributed by atoms with Gasteiger partial charge in [-0.15, -0.1) is 0 Å². The van der Waals surface area contributed by atoms with Crippen LogP contribution in [0.4, 0.5) is 0 Å². The second-order valence-corrected chi connectivity index (χ2v) is 9.10. The number of carbonyl (C=O) groups excluding carboxylic acids is 1. The van der Waals surface area contributed by atoms with E-state index in [1.807, 2.05) is 13.8 Å². The summed E-state index contributed by atoms with van der Waals surface area (Å²) in [5.41, 5.74) is 1.98. The van der Waals surface area contributed by atoms with Crippen LogP contribution in [-0.4, -0.2) is 26.9 Å². The van der Waals surface area contributed by atoms with E-state index < -0.39 is 10.0 Å². The highest BCUT2D eigenvalue weighted by molar-refractivity contribution is 7.89. The molecule has 0 heterocycles. The zero-order valence-corrected chi connectivity index (χ0v) is 16.4. The highest BCUT2D eigenvalue weighted by Gasteiger charge is 2.28. The summed E-state index contributed by atoms with van der Waals surface area (Å²) < 4.78 is 27.2. The largest absolute Gasteiger partial charge is 0.353 e. The van der Waals surface area contributed by atoms with Crippen LogP contribution in [0.1, 0.15) is 50.7 Å². The summed E-state index contributed by atoms with van der Waals surface area (Å²) in [6.07, 6.45) is 3.51. The fourth-order valence-corrected chi connectivity index (χ4v) is 4.44. The van der Waals surface area contributed by atoms with Crippen molar-refractivity contribution in [1.82, 2.24) is 10.0 Å². The maximum absolute atomic E-state index is 12.3. The normalized spacial score (nSPS) is 24.1. The molecule has 0 bridgehead atoms. The van der Waals surface area contributed by atoms with E-state index in [1.54, 1.807) is 18.2 Å². The van der Waals surface area contributed by atoms with Crippen LogP contribution in [0.5, 0.6) is 0 Å². The van der Waals surface area contributed by atoms with Crippen LogP contribution in [0, 0.1) is 25.7 Å². The summed E-state index contributed by atoms with van der Waals surface area (Å²) in [4.78, 5) is 12.4. The van der Waals surface area contributed by atoms with Crippen LogP contribution in [-0.2, 0) is 14.8 Å². The second-order valence-electron chi connectivity index (χ2n) is 7.34. The Morgan fingerprint density at radius 3 is 2.56 bits per heavy atom. The summed E-state index contributed by atoms with van der Waals surface area (Å²) in [6, 6.07) is 5.24. The van der Waals surface area contributed by atoms with Gasteiger partial charge in [0.15, 0.2) is 0 Å². The molecule has 1 amide bonds. The summed E-state index contributed by atoms with van der Waals surface area (Å²) in [5, 5.41) is 3.07. The molecule has 1 saturated carbocycles. The summed E-state index contributed by atoms with van der Waals surface area (Å²) in [6.45, 7) is 8.33. The Morgan fingerprint density at radius 1 is 1.16 bits per heavy atom. The molecule has 0 aliphatic heterocycles. The van der Waals surface area contributed by atoms with E-state index in [0.717, 1.165) is 24.0 Å². The van der Waals surface area contributed by atoms with Gasteiger partial charge in [-0.25, -0.2) is 13.1 Å². The maximum atomic E-state index is 12.3. The van der Waals surface area contributed by atoms with Gasteiger partial charge in [-0.1, -0.05) is 32.8 Å². The molecule has 1 aromatic carbocycles. The van der Waals surface area contributed by atoms with E-state index in [0.29, 0.717) is 11.8 Å². The van der Waals surface area contributed by atoms with Crippen LogP contribution in [0.15, 0.2) is 23.1 Å². The van der Waals surface area contributed by atoms with Gasteiger partial charge in [0.1, 0.15) is 0 Å². The van der Waals surface area contributed by atoms with Gasteiger partial charge in [0.2, 0.25) is 15.9 Å². The number of hydrogen-bond acceptors (Lipinski definition) is 3. The third kappa shape index (κ3) is 5.28. The minimum atomic E-state index is -3.58. The van der Waals surface area contributed by atoms with Crippen LogP contribution in [0.25, 0.3) is 0 Å². The quantitative estimate of drug-likeness (QED) is 0.813. The SMILES string of the molecule is Cc1ccc(S(=O)(=O)NCCC(=O)N[C@H]2CCC[C@H](C)[C@@H]2C)cc1C. The summed E-state index contributed by atoms with van der Waals surface area (Å²) in [7, 11) is -3.58. The van der Waals surface area contributed by atoms with Gasteiger partial charge in [0, 0.05) is 19.0 Å². The second kappa shape index (κ2) is 8.32. The van der Waals surface area contributed by atoms with Crippen molar-refractivity contribution in [2.24, 2.45) is 11.8 Å². The van der Waals surface area contributed by atoms with Gasteiger partial charge in [-0.3, -0.25) is 4.79 Å². The van der Waals surface area contributed by atoms with E-state index >= 15 is 0 Å². The molecule has 0 saturated heterocycles. The van der Waals surface area contributed by atoms with Gasteiger partial charge in [0.05, 0.1) is 4.90 Å². The van der Waals surface area contributed by atoms with Crippen molar-refractivity contribution in [1.29, 1.82) is 0 Å². The van der Waals surface area contributed by atoms with Gasteiger partial charge >= 0.3 is 0 Å². The number of rotatable bonds is 6. The molecule has 2 rings (SSSR count). The molecule has 6 heteroatoms. The van der Waals surface area contributed by atoms with Crippen molar-refractivity contribution in [2.45, 2.75) is 64.3 Å². The molecular weight excluding hydrogens is 336 g/mol. The number of sulfonamides is 1. The third-order valence-electron chi connectivity index (χ3n) is 5.49. The molecule has 1 aliphatic rings. The van der Waals surface area contributed by atoms with Crippen LogP contribution < -0.4 is 10.0 Å². The van der Waals surface area contributed by atoms with Crippen molar-refractivity contribution >= 4 is 15.9 Å². The zero-order valence-electron chi connectivity index (χ0n) is 15.6. The number of amides is 1. The van der Waals surface area contributed by atoms with Crippen LogP contribution in [0.2, 0.25) is 0 Å². The first-order valence-electron chi connectivity index (χ1n) is 9.07. The van der Waals surface area contributed by atoms with Crippen molar-refractivity contribution in [2.75, 3.05) is 6.54 Å². The fourth-order valence-electron chi connectivity index (χ4n) is 3.33. The Kier molecular flexibility index (Phi) is 6.63. The Bertz CT molecular complexity index is 715. The van der Waals surface area contributed by atoms with Gasteiger partial charge < -0.3 is 5.32 Å². The third-order valence-corrected chi connectivity index (χ3v) is 6.94. The Balaban J connectivity index is 1.84. The molecule has 140 valence electrons. The molecule has 25 heavy (non-hydrogen) atoms. The molecule has 0 aromatic heterocycles. The first-order chi connectivity index (χ1) is 11.7. The lowest BCUT2D eigenvalue weighted by molar-refractivity contribution is -0.122. The lowest BCUT2D eigenvalue weighted by atomic mass is 9.78. The van der Waals surface area contributed by atoms with Gasteiger partial charge in [-0.2, -0.15) is 0 Å². The average Bonchev–Trinajstić information content (AvgIpc) is 2.54. The van der Waals surface area contributed by atoms with Crippen LogP contribution in [0.3, 0.4) is 0 Å². The predicted molar refractivity (Wildman–Crippen MR) is 99.8 cm³/mol. The lowest BCUT2D eigenvalue weighted by Gasteiger charge is -2.34.